The van der Waals surface area contributed by atoms with E-state index in [0.29, 0.717) is 17.8 Å². The first-order valence-corrected chi connectivity index (χ1v) is 9.03. The quantitative estimate of drug-likeness (QED) is 0.699. The third kappa shape index (κ3) is 3.79. The number of thioether (sulfide) groups is 1. The van der Waals surface area contributed by atoms with Crippen LogP contribution >= 0.6 is 11.8 Å². The predicted molar refractivity (Wildman–Crippen MR) is 92.1 cm³/mol. The number of rotatable bonds is 4. The van der Waals surface area contributed by atoms with Gasteiger partial charge in [-0.15, -0.1) is 11.8 Å². The molecule has 2 aliphatic rings. The van der Waals surface area contributed by atoms with Gasteiger partial charge in [0.05, 0.1) is 17.5 Å². The highest BCUT2D eigenvalue weighted by Gasteiger charge is 2.33. The van der Waals surface area contributed by atoms with Gasteiger partial charge in [0.15, 0.2) is 0 Å². The van der Waals surface area contributed by atoms with Gasteiger partial charge < -0.3 is 21.3 Å². The monoisotopic (exact) mass is 334 g/mol. The Morgan fingerprint density at radius 1 is 1.39 bits per heavy atom. The first kappa shape index (κ1) is 16.1. The average molecular weight is 334 g/mol. The second-order valence-corrected chi connectivity index (χ2v) is 7.07. The molecular formula is C16H22N4O2S. The molecule has 2 fully saturated rings. The Balaban J connectivity index is 1.47. The number of carbonyl (C=O) groups excluding carboxylic acids is 2. The molecule has 7 heteroatoms. The topological polar surface area (TPSA) is 87.5 Å². The van der Waals surface area contributed by atoms with Crippen molar-refractivity contribution in [3.8, 4) is 0 Å². The fourth-order valence-electron chi connectivity index (χ4n) is 3.00. The Bertz CT molecular complexity index is 589. The van der Waals surface area contributed by atoms with Crippen LogP contribution in [0.25, 0.3) is 0 Å². The molecule has 2 aliphatic heterocycles. The molecule has 3 rings (SSSR count). The van der Waals surface area contributed by atoms with E-state index in [1.807, 2.05) is 4.90 Å². The minimum absolute atomic E-state index is 0.114. The summed E-state index contributed by atoms with van der Waals surface area (Å²) in [6.45, 7) is 2.15. The van der Waals surface area contributed by atoms with Crippen LogP contribution in [0.2, 0.25) is 0 Å². The number of carbonyl (C=O) groups is 2. The maximum Gasteiger partial charge on any atom is 0.253 e. The van der Waals surface area contributed by atoms with E-state index in [0.717, 1.165) is 31.1 Å². The number of nitrogen functional groups attached to an aromatic ring is 1. The van der Waals surface area contributed by atoms with Gasteiger partial charge >= 0.3 is 0 Å². The Labute approximate surface area is 140 Å². The summed E-state index contributed by atoms with van der Waals surface area (Å²) in [6, 6.07) is 6.92. The average Bonchev–Trinajstić information content (AvgIpc) is 3.24. The Morgan fingerprint density at radius 3 is 2.96 bits per heavy atom. The number of hydrogen-bond donors (Lipinski definition) is 3. The lowest BCUT2D eigenvalue weighted by molar-refractivity contribution is -0.131. The van der Waals surface area contributed by atoms with E-state index >= 15 is 0 Å². The maximum absolute atomic E-state index is 12.3. The van der Waals surface area contributed by atoms with Crippen LogP contribution in [0.5, 0.6) is 0 Å². The van der Waals surface area contributed by atoms with Crippen molar-refractivity contribution >= 4 is 29.3 Å². The van der Waals surface area contributed by atoms with Gasteiger partial charge in [-0.2, -0.15) is 0 Å². The Kier molecular flexibility index (Phi) is 5.07. The molecule has 1 aromatic carbocycles. The van der Waals surface area contributed by atoms with E-state index in [4.69, 9.17) is 5.73 Å². The largest absolute Gasteiger partial charge is 0.398 e. The van der Waals surface area contributed by atoms with Crippen molar-refractivity contribution in [1.82, 2.24) is 15.5 Å². The summed E-state index contributed by atoms with van der Waals surface area (Å²) in [5.41, 5.74) is 6.79. The van der Waals surface area contributed by atoms with Crippen molar-refractivity contribution in [2.45, 2.75) is 12.5 Å². The minimum Gasteiger partial charge on any atom is -0.398 e. The smallest absolute Gasteiger partial charge is 0.253 e. The van der Waals surface area contributed by atoms with E-state index < -0.39 is 0 Å². The number of hydrogen-bond acceptors (Lipinski definition) is 5. The van der Waals surface area contributed by atoms with Gasteiger partial charge in [-0.1, -0.05) is 12.1 Å². The molecule has 0 bridgehead atoms. The number of benzene rings is 1. The summed E-state index contributed by atoms with van der Waals surface area (Å²) < 4.78 is 0. The first-order valence-electron chi connectivity index (χ1n) is 7.88. The molecule has 6 nitrogen and oxygen atoms in total. The molecule has 2 amide bonds. The van der Waals surface area contributed by atoms with Gasteiger partial charge in [0.25, 0.3) is 5.91 Å². The molecule has 2 heterocycles. The van der Waals surface area contributed by atoms with Crippen LogP contribution in [0.4, 0.5) is 5.69 Å². The fraction of sp³-hybridized carbons (Fsp3) is 0.500. The third-order valence-electron chi connectivity index (χ3n) is 4.34. The van der Waals surface area contributed by atoms with Crippen LogP contribution < -0.4 is 16.4 Å². The van der Waals surface area contributed by atoms with Gasteiger partial charge in [0.1, 0.15) is 0 Å². The van der Waals surface area contributed by atoms with Crippen molar-refractivity contribution in [3.05, 3.63) is 29.8 Å². The summed E-state index contributed by atoms with van der Waals surface area (Å²) >= 11 is 1.79. The third-order valence-corrected chi connectivity index (χ3v) is 5.31. The van der Waals surface area contributed by atoms with E-state index in [2.05, 4.69) is 10.6 Å². The standard InChI is InChI=1S/C16H22N4O2S/c17-13-4-2-1-3-12(13)15(21)19-9-11-7-14(18-8-11)16(22)20-5-6-23-10-20/h1-4,11,14,18H,5-10,17H2,(H,19,21)/t11-,14-/m0/s1. The molecule has 0 saturated carbocycles. The van der Waals surface area contributed by atoms with Crippen LogP contribution in [0.15, 0.2) is 24.3 Å². The summed E-state index contributed by atoms with van der Waals surface area (Å²) in [5.74, 6) is 2.13. The molecule has 2 atom stereocenters. The SMILES string of the molecule is Nc1ccccc1C(=O)NC[C@@H]1CN[C@H](C(=O)N2CCSC2)C1. The molecule has 2 saturated heterocycles. The van der Waals surface area contributed by atoms with Crippen LogP contribution in [-0.4, -0.2) is 54.0 Å². The molecule has 0 radical (unpaired) electrons. The molecular weight excluding hydrogens is 312 g/mol. The van der Waals surface area contributed by atoms with Gasteiger partial charge in [-0.3, -0.25) is 9.59 Å². The van der Waals surface area contributed by atoms with Crippen molar-refractivity contribution in [2.24, 2.45) is 5.92 Å². The van der Waals surface area contributed by atoms with Crippen LogP contribution in [-0.2, 0) is 4.79 Å². The molecule has 1 aromatic rings. The number of nitrogens with two attached hydrogens (primary N) is 1. The summed E-state index contributed by atoms with van der Waals surface area (Å²) in [4.78, 5) is 26.4. The number of para-hydroxylation sites is 1. The lowest BCUT2D eigenvalue weighted by atomic mass is 10.0. The molecule has 124 valence electrons. The molecule has 0 aliphatic carbocycles. The molecule has 4 N–H and O–H groups in total. The van der Waals surface area contributed by atoms with Crippen LogP contribution in [0.3, 0.4) is 0 Å². The zero-order chi connectivity index (χ0) is 16.2. The van der Waals surface area contributed by atoms with Crippen molar-refractivity contribution in [2.75, 3.05) is 37.0 Å². The number of nitrogens with zero attached hydrogens (tertiary/aromatic N) is 1. The van der Waals surface area contributed by atoms with Crippen molar-refractivity contribution < 1.29 is 9.59 Å². The highest BCUT2D eigenvalue weighted by molar-refractivity contribution is 7.99. The van der Waals surface area contributed by atoms with E-state index in [9.17, 15) is 9.59 Å². The lowest BCUT2D eigenvalue weighted by Gasteiger charge is -2.19. The zero-order valence-electron chi connectivity index (χ0n) is 13.0. The van der Waals surface area contributed by atoms with E-state index in [1.54, 1.807) is 36.0 Å². The number of anilines is 1. The van der Waals surface area contributed by atoms with Gasteiger partial charge in [0.2, 0.25) is 5.91 Å². The van der Waals surface area contributed by atoms with Gasteiger partial charge in [-0.25, -0.2) is 0 Å². The second kappa shape index (κ2) is 7.23. The van der Waals surface area contributed by atoms with Gasteiger partial charge in [0, 0.05) is 31.1 Å². The van der Waals surface area contributed by atoms with E-state index in [-0.39, 0.29) is 23.8 Å². The highest BCUT2D eigenvalue weighted by atomic mass is 32.2. The maximum atomic E-state index is 12.3. The first-order chi connectivity index (χ1) is 11.1. The fourth-order valence-corrected chi connectivity index (χ4v) is 3.95. The second-order valence-electron chi connectivity index (χ2n) is 6.00. The summed E-state index contributed by atoms with van der Waals surface area (Å²) in [7, 11) is 0. The molecule has 0 aromatic heterocycles. The van der Waals surface area contributed by atoms with Crippen LogP contribution in [0.1, 0.15) is 16.8 Å². The molecule has 23 heavy (non-hydrogen) atoms. The van der Waals surface area contributed by atoms with Gasteiger partial charge in [-0.05, 0) is 24.5 Å². The number of amides is 2. The normalized spacial score (nSPS) is 23.9. The zero-order valence-corrected chi connectivity index (χ0v) is 13.8. The Morgan fingerprint density at radius 2 is 2.22 bits per heavy atom. The lowest BCUT2D eigenvalue weighted by Crippen LogP contribution is -2.42. The highest BCUT2D eigenvalue weighted by Crippen LogP contribution is 2.20. The molecule has 0 spiro atoms. The Hall–Kier alpha value is -1.73. The van der Waals surface area contributed by atoms with Crippen molar-refractivity contribution in [3.63, 3.8) is 0 Å². The van der Waals surface area contributed by atoms with E-state index in [1.165, 1.54) is 0 Å². The summed E-state index contributed by atoms with van der Waals surface area (Å²) in [6.07, 6.45) is 0.768. The van der Waals surface area contributed by atoms with Crippen molar-refractivity contribution in [1.29, 1.82) is 0 Å². The predicted octanol–water partition coefficient (Wildman–Crippen LogP) is 0.510. The van der Waals surface area contributed by atoms with Crippen LogP contribution in [0, 0.1) is 5.92 Å². The minimum atomic E-state index is -0.159. The summed E-state index contributed by atoms with van der Waals surface area (Å²) in [5, 5.41) is 6.20. The number of nitrogens with one attached hydrogen (secondary N) is 2. The molecule has 0 unspecified atom stereocenters.